The van der Waals surface area contributed by atoms with Crippen molar-refractivity contribution in [2.45, 2.75) is 23.4 Å². The van der Waals surface area contributed by atoms with E-state index in [0.717, 1.165) is 22.0 Å². The number of hydrogen-bond donors (Lipinski definition) is 2. The summed E-state index contributed by atoms with van der Waals surface area (Å²) in [5.41, 5.74) is 7.54. The van der Waals surface area contributed by atoms with Crippen LogP contribution in [0.1, 0.15) is 28.1 Å². The lowest BCUT2D eigenvalue weighted by Gasteiger charge is -2.35. The Balaban J connectivity index is 1.58. The van der Waals surface area contributed by atoms with Crippen LogP contribution in [0.15, 0.2) is 53.8 Å². The maximum absolute atomic E-state index is 11.7. The largest absolute Gasteiger partial charge is 0.482 e. The van der Waals surface area contributed by atoms with E-state index < -0.39 is 0 Å². The van der Waals surface area contributed by atoms with Crippen LogP contribution in [0, 0.1) is 6.92 Å². The minimum absolute atomic E-state index is 0.000858. The van der Waals surface area contributed by atoms with E-state index in [9.17, 15) is 4.79 Å². The predicted molar refractivity (Wildman–Crippen MR) is 110 cm³/mol. The van der Waals surface area contributed by atoms with Crippen molar-refractivity contribution in [1.29, 1.82) is 0 Å². The Labute approximate surface area is 171 Å². The maximum Gasteiger partial charge on any atom is 0.262 e. The number of halogens is 1. The number of hydrogen-bond acceptors (Lipinski definition) is 5. The first kappa shape index (κ1) is 17.5. The van der Waals surface area contributed by atoms with Crippen LogP contribution < -0.4 is 15.5 Å². The van der Waals surface area contributed by atoms with Gasteiger partial charge in [-0.3, -0.25) is 4.79 Å². The molecule has 1 aromatic heterocycles. The van der Waals surface area contributed by atoms with Crippen LogP contribution >= 0.6 is 23.4 Å². The average molecular weight is 413 g/mol. The van der Waals surface area contributed by atoms with Gasteiger partial charge in [0.15, 0.2) is 11.8 Å². The highest BCUT2D eigenvalue weighted by Gasteiger charge is 2.33. The van der Waals surface area contributed by atoms with E-state index in [1.807, 2.05) is 60.3 Å². The minimum Gasteiger partial charge on any atom is -0.482 e. The molecule has 2 unspecified atom stereocenters. The Hall–Kier alpha value is -2.64. The van der Waals surface area contributed by atoms with Gasteiger partial charge >= 0.3 is 0 Å². The number of ether oxygens (including phenoxy) is 1. The number of carbonyl (C=O) groups excluding carboxylic acids is 1. The number of rotatable bonds is 2. The maximum atomic E-state index is 11.7. The van der Waals surface area contributed by atoms with Gasteiger partial charge in [-0.05, 0) is 42.3 Å². The zero-order chi connectivity index (χ0) is 19.3. The van der Waals surface area contributed by atoms with Crippen LogP contribution in [0.5, 0.6) is 5.75 Å². The summed E-state index contributed by atoms with van der Waals surface area (Å²) in [5.74, 6) is 0.553. The Morgan fingerprint density at radius 2 is 2.00 bits per heavy atom. The third-order valence-electron chi connectivity index (χ3n) is 4.90. The molecule has 0 saturated heterocycles. The van der Waals surface area contributed by atoms with Crippen molar-refractivity contribution >= 4 is 35.0 Å². The number of anilines is 1. The Kier molecular flexibility index (Phi) is 4.21. The Bertz CT molecular complexity index is 1070. The fraction of sp³-hybridized carbons (Fsp3) is 0.200. The van der Waals surface area contributed by atoms with Gasteiger partial charge in [0.25, 0.3) is 5.91 Å². The number of aryl methyl sites for hydroxylation is 1. The molecule has 0 radical (unpaired) electrons. The van der Waals surface area contributed by atoms with Crippen molar-refractivity contribution < 1.29 is 9.53 Å². The summed E-state index contributed by atoms with van der Waals surface area (Å²) in [6.45, 7) is 2.07. The third-order valence-corrected chi connectivity index (χ3v) is 6.45. The van der Waals surface area contributed by atoms with Crippen LogP contribution in [-0.4, -0.2) is 22.2 Å². The fourth-order valence-corrected chi connectivity index (χ4v) is 4.91. The zero-order valence-corrected chi connectivity index (χ0v) is 16.6. The standard InChI is InChI=1S/C20H17ClN4O2S/c1-11-9-22-20-25(11)24-18(12-2-5-14(21)6-3-12)19(28-20)13-4-7-16-15(8-13)23-17(26)10-27-16/h2-9,18-19,24H,10H2,1H3,(H,23,26). The van der Waals surface area contributed by atoms with Gasteiger partial charge in [-0.25, -0.2) is 9.66 Å². The van der Waals surface area contributed by atoms with E-state index in [4.69, 9.17) is 16.3 Å². The van der Waals surface area contributed by atoms with Gasteiger partial charge in [-0.2, -0.15) is 0 Å². The topological polar surface area (TPSA) is 68.2 Å². The number of fused-ring (bicyclic) bond motifs is 2. The van der Waals surface area contributed by atoms with E-state index >= 15 is 0 Å². The summed E-state index contributed by atoms with van der Waals surface area (Å²) in [7, 11) is 0. The van der Waals surface area contributed by atoms with Crippen molar-refractivity contribution in [1.82, 2.24) is 9.66 Å². The van der Waals surface area contributed by atoms with Crippen LogP contribution in [0.3, 0.4) is 0 Å². The molecule has 2 aliphatic heterocycles. The van der Waals surface area contributed by atoms with Crippen molar-refractivity contribution in [3.8, 4) is 5.75 Å². The SMILES string of the molecule is Cc1cnc2n1NC(c1ccc(Cl)cc1)C(c1ccc3c(c1)NC(=O)CO3)S2. The lowest BCUT2D eigenvalue weighted by molar-refractivity contribution is -0.118. The van der Waals surface area contributed by atoms with Crippen molar-refractivity contribution in [2.24, 2.45) is 0 Å². The monoisotopic (exact) mass is 412 g/mol. The summed E-state index contributed by atoms with van der Waals surface area (Å²) >= 11 is 7.78. The molecule has 0 saturated carbocycles. The molecule has 2 N–H and O–H groups in total. The summed E-state index contributed by atoms with van der Waals surface area (Å²) in [6.07, 6.45) is 1.86. The average Bonchev–Trinajstić information content (AvgIpc) is 3.07. The van der Waals surface area contributed by atoms with Crippen LogP contribution in [0.2, 0.25) is 5.02 Å². The molecule has 5 rings (SSSR count). The second kappa shape index (κ2) is 6.76. The number of benzene rings is 2. The number of carbonyl (C=O) groups is 1. The molecule has 0 aliphatic carbocycles. The molecule has 1 amide bonds. The summed E-state index contributed by atoms with van der Waals surface area (Å²) in [4.78, 5) is 16.2. The van der Waals surface area contributed by atoms with E-state index in [-0.39, 0.29) is 23.8 Å². The van der Waals surface area contributed by atoms with E-state index in [1.54, 1.807) is 11.8 Å². The lowest BCUT2D eigenvalue weighted by atomic mass is 9.98. The van der Waals surface area contributed by atoms with Gasteiger partial charge in [-0.1, -0.05) is 41.6 Å². The fourth-order valence-electron chi connectivity index (χ4n) is 3.50. The number of imidazole rings is 1. The van der Waals surface area contributed by atoms with Gasteiger partial charge in [0, 0.05) is 5.02 Å². The molecule has 2 aliphatic rings. The molecule has 0 fully saturated rings. The third kappa shape index (κ3) is 3.00. The van der Waals surface area contributed by atoms with Crippen LogP contribution in [-0.2, 0) is 4.79 Å². The molecular weight excluding hydrogens is 396 g/mol. The first-order valence-electron chi connectivity index (χ1n) is 8.88. The zero-order valence-electron chi connectivity index (χ0n) is 15.0. The first-order chi connectivity index (χ1) is 13.6. The molecule has 0 spiro atoms. The molecule has 3 aromatic rings. The Morgan fingerprint density at radius 1 is 1.21 bits per heavy atom. The van der Waals surface area contributed by atoms with Gasteiger partial charge in [0.05, 0.1) is 28.9 Å². The highest BCUT2D eigenvalue weighted by molar-refractivity contribution is 7.99. The molecule has 6 nitrogen and oxygen atoms in total. The number of nitrogens with zero attached hydrogens (tertiary/aromatic N) is 2. The van der Waals surface area contributed by atoms with E-state index in [0.29, 0.717) is 16.5 Å². The van der Waals surface area contributed by atoms with Crippen molar-refractivity contribution in [2.75, 3.05) is 17.3 Å². The number of aromatic nitrogens is 2. The lowest BCUT2D eigenvalue weighted by Crippen LogP contribution is -2.31. The van der Waals surface area contributed by atoms with Gasteiger partial charge in [0.2, 0.25) is 0 Å². The summed E-state index contributed by atoms with van der Waals surface area (Å²) < 4.78 is 7.51. The quantitative estimate of drug-likeness (QED) is 0.656. The Morgan fingerprint density at radius 3 is 2.82 bits per heavy atom. The first-order valence-corrected chi connectivity index (χ1v) is 10.1. The highest BCUT2D eigenvalue weighted by atomic mass is 35.5. The second-order valence-electron chi connectivity index (χ2n) is 6.81. The number of amides is 1. The molecule has 2 atom stereocenters. The molecule has 3 heterocycles. The number of nitrogens with one attached hydrogen (secondary N) is 2. The normalized spacial score (nSPS) is 20.4. The molecule has 2 aromatic carbocycles. The summed E-state index contributed by atoms with van der Waals surface area (Å²) in [6, 6.07) is 13.8. The number of thioether (sulfide) groups is 1. The molecule has 142 valence electrons. The van der Waals surface area contributed by atoms with Gasteiger partial charge in [-0.15, -0.1) is 0 Å². The molecule has 28 heavy (non-hydrogen) atoms. The van der Waals surface area contributed by atoms with Crippen molar-refractivity contribution in [3.63, 3.8) is 0 Å². The second-order valence-corrected chi connectivity index (χ2v) is 8.35. The van der Waals surface area contributed by atoms with Gasteiger partial charge in [0.1, 0.15) is 5.75 Å². The van der Waals surface area contributed by atoms with Crippen LogP contribution in [0.25, 0.3) is 0 Å². The predicted octanol–water partition coefficient (Wildman–Crippen LogP) is 4.31. The molecule has 0 bridgehead atoms. The minimum atomic E-state index is -0.139. The van der Waals surface area contributed by atoms with E-state index in [1.165, 1.54) is 0 Å². The smallest absolute Gasteiger partial charge is 0.262 e. The van der Waals surface area contributed by atoms with Crippen LogP contribution in [0.4, 0.5) is 5.69 Å². The van der Waals surface area contributed by atoms with Gasteiger partial charge < -0.3 is 15.5 Å². The molecular formula is C20H17ClN4O2S. The van der Waals surface area contributed by atoms with E-state index in [2.05, 4.69) is 15.7 Å². The summed E-state index contributed by atoms with van der Waals surface area (Å²) in [5, 5.41) is 4.56. The highest BCUT2D eigenvalue weighted by Crippen LogP contribution is 2.48. The molecule has 8 heteroatoms. The van der Waals surface area contributed by atoms with Crippen molar-refractivity contribution in [3.05, 3.63) is 70.5 Å².